The summed E-state index contributed by atoms with van der Waals surface area (Å²) in [6.45, 7) is -0.758. The van der Waals surface area contributed by atoms with E-state index >= 15 is 0 Å². The summed E-state index contributed by atoms with van der Waals surface area (Å²) in [6, 6.07) is 0. The Morgan fingerprint density at radius 2 is 1.93 bits per heavy atom. The van der Waals surface area contributed by atoms with Crippen LogP contribution in [0.5, 0.6) is 0 Å². The zero-order valence-corrected chi connectivity index (χ0v) is 8.36. The van der Waals surface area contributed by atoms with Gasteiger partial charge in [0.2, 0.25) is 0 Å². The average molecular weight is 222 g/mol. The Bertz CT molecular complexity index is 185. The summed E-state index contributed by atoms with van der Waals surface area (Å²) in [5.74, 6) is 0. The lowest BCUT2D eigenvalue weighted by Gasteiger charge is -2.36. The zero-order chi connectivity index (χ0) is 11.4. The number of rotatable bonds is 4. The summed E-state index contributed by atoms with van der Waals surface area (Å²) in [6.07, 6.45) is -3.89. The third kappa shape index (κ3) is 3.37. The van der Waals surface area contributed by atoms with E-state index in [0.29, 0.717) is 0 Å². The SMILES string of the molecule is OC[C@H](O)C[C@H]1C[C@@H](O)[C@H](O)[C@@H](CO)O1. The second-order valence-corrected chi connectivity index (χ2v) is 3.84. The van der Waals surface area contributed by atoms with Crippen molar-refractivity contribution in [2.45, 2.75) is 43.4 Å². The van der Waals surface area contributed by atoms with E-state index in [1.807, 2.05) is 0 Å². The number of aliphatic hydroxyl groups is 5. The maximum Gasteiger partial charge on any atom is 0.109 e. The molecular weight excluding hydrogens is 204 g/mol. The zero-order valence-electron chi connectivity index (χ0n) is 8.36. The fourth-order valence-corrected chi connectivity index (χ4v) is 1.72. The van der Waals surface area contributed by atoms with E-state index < -0.39 is 30.5 Å². The van der Waals surface area contributed by atoms with Gasteiger partial charge in [0.25, 0.3) is 0 Å². The van der Waals surface area contributed by atoms with Crippen LogP contribution in [0.2, 0.25) is 0 Å². The second kappa shape index (κ2) is 5.74. The third-order valence-corrected chi connectivity index (χ3v) is 2.57. The minimum atomic E-state index is -1.10. The molecule has 6 nitrogen and oxygen atoms in total. The molecule has 1 aliphatic rings. The highest BCUT2D eigenvalue weighted by molar-refractivity contribution is 4.85. The molecule has 6 heteroatoms. The smallest absolute Gasteiger partial charge is 0.109 e. The highest BCUT2D eigenvalue weighted by Crippen LogP contribution is 2.23. The third-order valence-electron chi connectivity index (χ3n) is 2.57. The molecule has 1 aliphatic heterocycles. The van der Waals surface area contributed by atoms with E-state index in [0.717, 1.165) is 0 Å². The molecule has 0 bridgehead atoms. The molecule has 1 rings (SSSR count). The predicted molar refractivity (Wildman–Crippen MR) is 50.1 cm³/mol. The summed E-state index contributed by atoms with van der Waals surface area (Å²) >= 11 is 0. The van der Waals surface area contributed by atoms with Gasteiger partial charge in [-0.05, 0) is 0 Å². The first-order chi connectivity index (χ1) is 7.08. The molecule has 0 aliphatic carbocycles. The van der Waals surface area contributed by atoms with Crippen LogP contribution in [0.25, 0.3) is 0 Å². The van der Waals surface area contributed by atoms with Crippen LogP contribution in [0.1, 0.15) is 12.8 Å². The Morgan fingerprint density at radius 3 is 2.47 bits per heavy atom. The molecule has 0 aromatic rings. The van der Waals surface area contributed by atoms with E-state index in [9.17, 15) is 15.3 Å². The quantitative estimate of drug-likeness (QED) is 0.363. The van der Waals surface area contributed by atoms with E-state index in [2.05, 4.69) is 0 Å². The van der Waals surface area contributed by atoms with Gasteiger partial charge < -0.3 is 30.3 Å². The maximum atomic E-state index is 9.45. The van der Waals surface area contributed by atoms with Gasteiger partial charge in [-0.2, -0.15) is 0 Å². The largest absolute Gasteiger partial charge is 0.394 e. The molecular formula is C9H18O6. The normalized spacial score (nSPS) is 39.0. The minimum Gasteiger partial charge on any atom is -0.394 e. The lowest BCUT2D eigenvalue weighted by atomic mass is 9.95. The number of aliphatic hydroxyl groups excluding tert-OH is 5. The van der Waals surface area contributed by atoms with Gasteiger partial charge in [-0.3, -0.25) is 0 Å². The first-order valence-corrected chi connectivity index (χ1v) is 4.99. The van der Waals surface area contributed by atoms with Crippen molar-refractivity contribution < 1.29 is 30.3 Å². The molecule has 15 heavy (non-hydrogen) atoms. The molecule has 0 amide bonds. The lowest BCUT2D eigenvalue weighted by molar-refractivity contribution is -0.186. The molecule has 90 valence electrons. The average Bonchev–Trinajstić information content (AvgIpc) is 2.22. The molecule has 1 heterocycles. The van der Waals surface area contributed by atoms with Crippen LogP contribution in [-0.4, -0.2) is 69.3 Å². The molecule has 1 fully saturated rings. The number of ether oxygens (including phenoxy) is 1. The number of hydrogen-bond acceptors (Lipinski definition) is 6. The van der Waals surface area contributed by atoms with Crippen LogP contribution in [0.3, 0.4) is 0 Å². The van der Waals surface area contributed by atoms with Crippen molar-refractivity contribution in [3.63, 3.8) is 0 Å². The topological polar surface area (TPSA) is 110 Å². The van der Waals surface area contributed by atoms with Gasteiger partial charge in [-0.25, -0.2) is 0 Å². The first-order valence-electron chi connectivity index (χ1n) is 4.99. The molecule has 0 aromatic carbocycles. The van der Waals surface area contributed by atoms with E-state index in [-0.39, 0.29) is 26.1 Å². The molecule has 0 radical (unpaired) electrons. The van der Waals surface area contributed by atoms with Crippen LogP contribution < -0.4 is 0 Å². The standard InChI is InChI=1S/C9H18O6/c10-3-5(12)1-6-2-7(13)9(14)8(4-11)15-6/h5-14H,1-4H2/t5-,6+,7-,8-,9+/m1/s1. The van der Waals surface area contributed by atoms with Crippen LogP contribution in [0.15, 0.2) is 0 Å². The van der Waals surface area contributed by atoms with Gasteiger partial charge in [-0.1, -0.05) is 0 Å². The molecule has 5 atom stereocenters. The summed E-state index contributed by atoms with van der Waals surface area (Å²) in [5.41, 5.74) is 0. The van der Waals surface area contributed by atoms with Crippen LogP contribution in [0.4, 0.5) is 0 Å². The van der Waals surface area contributed by atoms with Crippen molar-refractivity contribution in [1.82, 2.24) is 0 Å². The van der Waals surface area contributed by atoms with Crippen molar-refractivity contribution >= 4 is 0 Å². The lowest BCUT2D eigenvalue weighted by Crippen LogP contribution is -2.50. The summed E-state index contributed by atoms with van der Waals surface area (Å²) in [7, 11) is 0. The molecule has 0 unspecified atom stereocenters. The number of hydrogen-bond donors (Lipinski definition) is 5. The molecule has 0 spiro atoms. The molecule has 5 N–H and O–H groups in total. The van der Waals surface area contributed by atoms with Gasteiger partial charge in [0.05, 0.1) is 31.5 Å². The Balaban J connectivity index is 2.47. The van der Waals surface area contributed by atoms with Gasteiger partial charge in [0, 0.05) is 12.8 Å². The van der Waals surface area contributed by atoms with Crippen molar-refractivity contribution in [3.05, 3.63) is 0 Å². The second-order valence-electron chi connectivity index (χ2n) is 3.84. The Labute approximate surface area is 87.7 Å². The summed E-state index contributed by atoms with van der Waals surface area (Å²) < 4.78 is 5.26. The summed E-state index contributed by atoms with van der Waals surface area (Å²) in [4.78, 5) is 0. The van der Waals surface area contributed by atoms with Crippen molar-refractivity contribution in [2.24, 2.45) is 0 Å². The molecule has 0 aromatic heterocycles. The highest BCUT2D eigenvalue weighted by Gasteiger charge is 2.36. The monoisotopic (exact) mass is 222 g/mol. The van der Waals surface area contributed by atoms with Gasteiger partial charge in [0.1, 0.15) is 12.2 Å². The van der Waals surface area contributed by atoms with Crippen molar-refractivity contribution in [3.8, 4) is 0 Å². The molecule has 0 saturated carbocycles. The molecule has 1 saturated heterocycles. The Morgan fingerprint density at radius 1 is 1.27 bits per heavy atom. The fourth-order valence-electron chi connectivity index (χ4n) is 1.72. The van der Waals surface area contributed by atoms with E-state index in [1.165, 1.54) is 0 Å². The fraction of sp³-hybridized carbons (Fsp3) is 1.00. The van der Waals surface area contributed by atoms with Crippen molar-refractivity contribution in [1.29, 1.82) is 0 Å². The van der Waals surface area contributed by atoms with Gasteiger partial charge in [0.15, 0.2) is 0 Å². The van der Waals surface area contributed by atoms with Gasteiger partial charge in [-0.15, -0.1) is 0 Å². The van der Waals surface area contributed by atoms with E-state index in [4.69, 9.17) is 14.9 Å². The minimum absolute atomic E-state index is 0.177. The Hall–Kier alpha value is -0.240. The van der Waals surface area contributed by atoms with Crippen LogP contribution in [0, 0.1) is 0 Å². The maximum absolute atomic E-state index is 9.45. The highest BCUT2D eigenvalue weighted by atomic mass is 16.5. The van der Waals surface area contributed by atoms with Crippen LogP contribution in [-0.2, 0) is 4.74 Å². The first kappa shape index (κ1) is 12.8. The van der Waals surface area contributed by atoms with Crippen LogP contribution >= 0.6 is 0 Å². The Kier molecular flexibility index (Phi) is 4.91. The van der Waals surface area contributed by atoms with Gasteiger partial charge >= 0.3 is 0 Å². The van der Waals surface area contributed by atoms with E-state index in [1.54, 1.807) is 0 Å². The summed E-state index contributed by atoms with van der Waals surface area (Å²) in [5, 5.41) is 45.6. The van der Waals surface area contributed by atoms with Crippen molar-refractivity contribution in [2.75, 3.05) is 13.2 Å². The predicted octanol–water partition coefficient (Wildman–Crippen LogP) is -2.40.